The molecular weight excluding hydrogens is 468 g/mol. The molecule has 1 fully saturated rings. The van der Waals surface area contributed by atoms with Crippen molar-refractivity contribution in [1.82, 2.24) is 4.90 Å². The number of urea groups is 1. The molecule has 0 spiro atoms. The number of anilines is 1. The van der Waals surface area contributed by atoms with E-state index in [1.54, 1.807) is 0 Å². The number of carboxylic acid groups (broad SMARTS) is 1. The van der Waals surface area contributed by atoms with Crippen LogP contribution < -0.4 is 5.32 Å². The Kier molecular flexibility index (Phi) is 10.1. The molecule has 7 nitrogen and oxygen atoms in total. The first-order valence-corrected chi connectivity index (χ1v) is 13.2. The number of aryl methyl sites for hydroxylation is 2. The standard InChI is InChI=1S/C30H42N2O5/c1-21-10-6-7-15-26(21)31-29(35)32(20-30(3,4)5)16-17-36-24-13-9-14-25(18-24)37-19-23-12-8-11-22(2)27(23)28(33)34/h6-8,10-12,15,24-25H,9,13-14,16-20H2,1-5H3,(H,31,35)(H,33,34)/t24-,25+/m1/s1. The maximum atomic E-state index is 13.1. The molecule has 2 atom stereocenters. The number of aromatic carboxylic acids is 1. The van der Waals surface area contributed by atoms with Crippen molar-refractivity contribution in [3.63, 3.8) is 0 Å². The van der Waals surface area contributed by atoms with Crippen molar-refractivity contribution in [3.8, 4) is 0 Å². The quantitative estimate of drug-likeness (QED) is 0.385. The summed E-state index contributed by atoms with van der Waals surface area (Å²) in [6.45, 7) is 12.0. The van der Waals surface area contributed by atoms with E-state index >= 15 is 0 Å². The molecule has 3 rings (SSSR count). The van der Waals surface area contributed by atoms with E-state index in [2.05, 4.69) is 26.1 Å². The van der Waals surface area contributed by atoms with Crippen molar-refractivity contribution in [2.45, 2.75) is 79.1 Å². The van der Waals surface area contributed by atoms with Crippen LogP contribution in [0.4, 0.5) is 10.5 Å². The molecule has 2 aromatic carbocycles. The number of nitrogens with zero attached hydrogens (tertiary/aromatic N) is 1. The molecule has 0 radical (unpaired) electrons. The van der Waals surface area contributed by atoms with Crippen molar-refractivity contribution in [3.05, 3.63) is 64.7 Å². The molecule has 1 aliphatic carbocycles. The van der Waals surface area contributed by atoms with Crippen molar-refractivity contribution >= 4 is 17.7 Å². The van der Waals surface area contributed by atoms with Crippen LogP contribution >= 0.6 is 0 Å². The van der Waals surface area contributed by atoms with E-state index in [0.29, 0.717) is 30.8 Å². The van der Waals surface area contributed by atoms with Crippen LogP contribution in [0.25, 0.3) is 0 Å². The van der Waals surface area contributed by atoms with E-state index in [1.165, 1.54) is 0 Å². The van der Waals surface area contributed by atoms with Crippen LogP contribution in [0, 0.1) is 19.3 Å². The van der Waals surface area contributed by atoms with Crippen molar-refractivity contribution in [2.75, 3.05) is 25.0 Å². The molecule has 1 aliphatic rings. The maximum absolute atomic E-state index is 13.1. The second-order valence-corrected chi connectivity index (χ2v) is 11.2. The third-order valence-corrected chi connectivity index (χ3v) is 6.68. The van der Waals surface area contributed by atoms with Crippen molar-refractivity contribution in [1.29, 1.82) is 0 Å². The largest absolute Gasteiger partial charge is 0.478 e. The first-order valence-electron chi connectivity index (χ1n) is 13.2. The van der Waals surface area contributed by atoms with E-state index in [-0.39, 0.29) is 30.3 Å². The highest BCUT2D eigenvalue weighted by Crippen LogP contribution is 2.26. The average molecular weight is 511 g/mol. The number of para-hydroxylation sites is 1. The second kappa shape index (κ2) is 13.1. The molecule has 0 saturated heterocycles. The van der Waals surface area contributed by atoms with Gasteiger partial charge in [-0.3, -0.25) is 0 Å². The number of amides is 2. The number of carboxylic acids is 1. The number of rotatable bonds is 10. The molecule has 2 N–H and O–H groups in total. The minimum atomic E-state index is -0.923. The number of carbonyl (C=O) groups is 2. The first-order chi connectivity index (χ1) is 17.5. The van der Waals surface area contributed by atoms with Crippen LogP contribution in [0.1, 0.15) is 73.5 Å². The fourth-order valence-electron chi connectivity index (χ4n) is 4.83. The van der Waals surface area contributed by atoms with Crippen molar-refractivity contribution < 1.29 is 24.2 Å². The van der Waals surface area contributed by atoms with Gasteiger partial charge in [-0.1, -0.05) is 57.2 Å². The third-order valence-electron chi connectivity index (χ3n) is 6.68. The number of nitrogens with one attached hydrogen (secondary N) is 1. The number of hydrogen-bond donors (Lipinski definition) is 2. The predicted octanol–water partition coefficient (Wildman–Crippen LogP) is 6.43. The average Bonchev–Trinajstić information content (AvgIpc) is 2.83. The molecular formula is C30H42N2O5. The molecule has 0 unspecified atom stereocenters. The molecule has 7 heteroatoms. The normalized spacial score (nSPS) is 17.9. The highest BCUT2D eigenvalue weighted by atomic mass is 16.5. The Bertz CT molecular complexity index is 1060. The molecule has 2 aromatic rings. The number of carbonyl (C=O) groups excluding carboxylic acids is 1. The summed E-state index contributed by atoms with van der Waals surface area (Å²) < 4.78 is 12.4. The molecule has 0 aromatic heterocycles. The zero-order valence-corrected chi connectivity index (χ0v) is 22.9. The molecule has 1 saturated carbocycles. The number of ether oxygens (including phenoxy) is 2. The van der Waals surface area contributed by atoms with E-state index in [4.69, 9.17) is 9.47 Å². The monoisotopic (exact) mass is 510 g/mol. The lowest BCUT2D eigenvalue weighted by Gasteiger charge is -2.32. The van der Waals surface area contributed by atoms with E-state index in [1.807, 2.05) is 61.2 Å². The number of benzene rings is 2. The van der Waals surface area contributed by atoms with Crippen molar-refractivity contribution in [2.24, 2.45) is 5.41 Å². The summed E-state index contributed by atoms with van der Waals surface area (Å²) in [6.07, 6.45) is 3.74. The Labute approximate surface area is 221 Å². The second-order valence-electron chi connectivity index (χ2n) is 11.2. The molecule has 202 valence electrons. The van der Waals surface area contributed by atoms with Crippen LogP contribution in [0.3, 0.4) is 0 Å². The van der Waals surface area contributed by atoms with Crippen LogP contribution in [-0.2, 0) is 16.1 Å². The summed E-state index contributed by atoms with van der Waals surface area (Å²) in [5, 5.41) is 12.6. The smallest absolute Gasteiger partial charge is 0.336 e. The van der Waals surface area contributed by atoms with Crippen LogP contribution in [0.15, 0.2) is 42.5 Å². The van der Waals surface area contributed by atoms with E-state index in [0.717, 1.165) is 42.5 Å². The highest BCUT2D eigenvalue weighted by molar-refractivity contribution is 5.91. The Morgan fingerprint density at radius 3 is 2.35 bits per heavy atom. The van der Waals surface area contributed by atoms with Crippen LogP contribution in [0.2, 0.25) is 0 Å². The summed E-state index contributed by atoms with van der Waals surface area (Å²) >= 11 is 0. The minimum Gasteiger partial charge on any atom is -0.478 e. The van der Waals surface area contributed by atoms with Gasteiger partial charge in [0.1, 0.15) is 0 Å². The zero-order chi connectivity index (χ0) is 27.0. The predicted molar refractivity (Wildman–Crippen MR) is 146 cm³/mol. The molecule has 37 heavy (non-hydrogen) atoms. The lowest BCUT2D eigenvalue weighted by molar-refractivity contribution is -0.0528. The Hall–Kier alpha value is -2.90. The lowest BCUT2D eigenvalue weighted by atomic mass is 9.94. The van der Waals surface area contributed by atoms with Crippen LogP contribution in [0.5, 0.6) is 0 Å². The summed E-state index contributed by atoms with van der Waals surface area (Å²) in [4.78, 5) is 26.6. The van der Waals surface area contributed by atoms with Gasteiger partial charge in [0.15, 0.2) is 0 Å². The SMILES string of the molecule is Cc1ccccc1NC(=O)N(CCO[C@@H]1CCC[C@H](OCc2cccc(C)c2C(=O)O)C1)CC(C)(C)C. The van der Waals surface area contributed by atoms with Gasteiger partial charge in [-0.05, 0) is 67.7 Å². The van der Waals surface area contributed by atoms with Crippen LogP contribution in [-0.4, -0.2) is 53.9 Å². The van der Waals surface area contributed by atoms with Gasteiger partial charge in [0.25, 0.3) is 0 Å². The third kappa shape index (κ3) is 8.86. The zero-order valence-electron chi connectivity index (χ0n) is 22.9. The summed E-state index contributed by atoms with van der Waals surface area (Å²) in [7, 11) is 0. The molecule has 0 bridgehead atoms. The molecule has 0 aliphatic heterocycles. The maximum Gasteiger partial charge on any atom is 0.336 e. The van der Waals surface area contributed by atoms with Gasteiger partial charge >= 0.3 is 12.0 Å². The fourth-order valence-corrected chi connectivity index (χ4v) is 4.83. The van der Waals surface area contributed by atoms with Gasteiger partial charge in [0.2, 0.25) is 0 Å². The minimum absolute atomic E-state index is 0.0240. The lowest BCUT2D eigenvalue weighted by Crippen LogP contribution is -2.43. The first kappa shape index (κ1) is 28.7. The fraction of sp³-hybridized carbons (Fsp3) is 0.533. The van der Waals surface area contributed by atoms with Gasteiger partial charge in [-0.15, -0.1) is 0 Å². The van der Waals surface area contributed by atoms with E-state index in [9.17, 15) is 14.7 Å². The summed E-state index contributed by atoms with van der Waals surface area (Å²) in [5.74, 6) is -0.923. The highest BCUT2D eigenvalue weighted by Gasteiger charge is 2.26. The summed E-state index contributed by atoms with van der Waals surface area (Å²) in [5.41, 5.74) is 3.57. The van der Waals surface area contributed by atoms with E-state index < -0.39 is 5.97 Å². The van der Waals surface area contributed by atoms with Gasteiger partial charge in [-0.25, -0.2) is 9.59 Å². The van der Waals surface area contributed by atoms with Gasteiger partial charge in [0.05, 0.1) is 31.0 Å². The topological polar surface area (TPSA) is 88.1 Å². The van der Waals surface area contributed by atoms with Gasteiger partial charge < -0.3 is 24.8 Å². The summed E-state index contributed by atoms with van der Waals surface area (Å²) in [6, 6.07) is 13.1. The molecule has 2 amide bonds. The molecule has 0 heterocycles. The van der Waals surface area contributed by atoms with Gasteiger partial charge in [0, 0.05) is 18.8 Å². The Morgan fingerprint density at radius 1 is 1.00 bits per heavy atom. The Morgan fingerprint density at radius 2 is 1.68 bits per heavy atom. The number of hydrogen-bond acceptors (Lipinski definition) is 4. The van der Waals surface area contributed by atoms with Gasteiger partial charge in [-0.2, -0.15) is 0 Å². The Balaban J connectivity index is 1.52.